The molecule has 0 spiro atoms. The Labute approximate surface area is 120 Å². The van der Waals surface area contributed by atoms with Crippen molar-refractivity contribution < 1.29 is 4.79 Å². The summed E-state index contributed by atoms with van der Waals surface area (Å²) in [5, 5.41) is 6.25. The molecule has 19 heavy (non-hydrogen) atoms. The summed E-state index contributed by atoms with van der Waals surface area (Å²) in [5.74, 6) is 1.23. The van der Waals surface area contributed by atoms with Gasteiger partial charge in [0.05, 0.1) is 0 Å². The number of hydrogen-bond acceptors (Lipinski definition) is 3. The van der Waals surface area contributed by atoms with Crippen LogP contribution in [-0.4, -0.2) is 37.6 Å². The van der Waals surface area contributed by atoms with Crippen molar-refractivity contribution in [2.45, 2.75) is 19.8 Å². The summed E-state index contributed by atoms with van der Waals surface area (Å²) in [6.45, 7) is 4.55. The molecule has 0 fully saturated rings. The standard InChI is InChI=1S/C15H24N2OS/c1-13-5-7-14(8-6-13)15(18)17-11-10-16-9-3-4-12-19-2/h5-8,16H,3-4,9-12H2,1-2H3,(H,17,18). The number of nitrogens with one attached hydrogen (secondary N) is 2. The van der Waals surface area contributed by atoms with E-state index < -0.39 is 0 Å². The number of thioether (sulfide) groups is 1. The fourth-order valence-electron chi connectivity index (χ4n) is 1.69. The van der Waals surface area contributed by atoms with Crippen LogP contribution in [0.15, 0.2) is 24.3 Å². The van der Waals surface area contributed by atoms with Crippen LogP contribution in [0.3, 0.4) is 0 Å². The molecule has 0 aromatic heterocycles. The van der Waals surface area contributed by atoms with E-state index in [0.717, 1.165) is 18.7 Å². The van der Waals surface area contributed by atoms with Crippen LogP contribution in [0.5, 0.6) is 0 Å². The van der Waals surface area contributed by atoms with Crippen molar-refractivity contribution in [2.75, 3.05) is 31.6 Å². The number of benzene rings is 1. The van der Waals surface area contributed by atoms with Gasteiger partial charge in [-0.3, -0.25) is 4.79 Å². The minimum absolute atomic E-state index is 0.00387. The largest absolute Gasteiger partial charge is 0.351 e. The maximum absolute atomic E-state index is 11.8. The van der Waals surface area contributed by atoms with E-state index in [-0.39, 0.29) is 5.91 Å². The summed E-state index contributed by atoms with van der Waals surface area (Å²) in [4.78, 5) is 11.8. The van der Waals surface area contributed by atoms with E-state index in [1.54, 1.807) is 0 Å². The molecular formula is C15H24N2OS. The Morgan fingerprint density at radius 2 is 1.84 bits per heavy atom. The Balaban J connectivity index is 2.06. The van der Waals surface area contributed by atoms with E-state index in [1.807, 2.05) is 43.0 Å². The summed E-state index contributed by atoms with van der Waals surface area (Å²) < 4.78 is 0. The van der Waals surface area contributed by atoms with Gasteiger partial charge in [0.1, 0.15) is 0 Å². The molecule has 0 saturated heterocycles. The predicted octanol–water partition coefficient (Wildman–Crippen LogP) is 2.46. The van der Waals surface area contributed by atoms with Gasteiger partial charge < -0.3 is 10.6 Å². The number of amides is 1. The van der Waals surface area contributed by atoms with Gasteiger partial charge >= 0.3 is 0 Å². The molecule has 1 aromatic rings. The lowest BCUT2D eigenvalue weighted by Crippen LogP contribution is -2.32. The molecule has 0 bridgehead atoms. The second-order valence-corrected chi connectivity index (χ2v) is 5.56. The molecule has 0 atom stereocenters. The number of hydrogen-bond donors (Lipinski definition) is 2. The van der Waals surface area contributed by atoms with Crippen LogP contribution < -0.4 is 10.6 Å². The van der Waals surface area contributed by atoms with E-state index in [2.05, 4.69) is 16.9 Å². The first-order valence-corrected chi connectivity index (χ1v) is 8.18. The Morgan fingerprint density at radius 3 is 2.53 bits per heavy atom. The van der Waals surface area contributed by atoms with E-state index in [4.69, 9.17) is 0 Å². The van der Waals surface area contributed by atoms with Crippen LogP contribution in [0.1, 0.15) is 28.8 Å². The molecule has 0 aliphatic carbocycles. The highest BCUT2D eigenvalue weighted by Gasteiger charge is 2.03. The smallest absolute Gasteiger partial charge is 0.251 e. The molecule has 0 aliphatic heterocycles. The second kappa shape index (κ2) is 9.87. The van der Waals surface area contributed by atoms with Gasteiger partial charge in [-0.25, -0.2) is 0 Å². The van der Waals surface area contributed by atoms with Crippen molar-refractivity contribution in [2.24, 2.45) is 0 Å². The molecule has 2 N–H and O–H groups in total. The Bertz CT molecular complexity index is 365. The van der Waals surface area contributed by atoms with E-state index in [1.165, 1.54) is 24.2 Å². The number of carbonyl (C=O) groups excluding carboxylic acids is 1. The van der Waals surface area contributed by atoms with Crippen LogP contribution >= 0.6 is 11.8 Å². The minimum Gasteiger partial charge on any atom is -0.351 e. The van der Waals surface area contributed by atoms with Crippen molar-refractivity contribution >= 4 is 17.7 Å². The zero-order chi connectivity index (χ0) is 13.9. The maximum atomic E-state index is 11.8. The molecule has 1 amide bonds. The molecular weight excluding hydrogens is 256 g/mol. The Kier molecular flexibility index (Phi) is 8.34. The molecule has 1 aromatic carbocycles. The van der Waals surface area contributed by atoms with Crippen molar-refractivity contribution in [1.29, 1.82) is 0 Å². The minimum atomic E-state index is 0.00387. The molecule has 0 saturated carbocycles. The zero-order valence-electron chi connectivity index (χ0n) is 11.9. The van der Waals surface area contributed by atoms with E-state index in [9.17, 15) is 4.79 Å². The summed E-state index contributed by atoms with van der Waals surface area (Å²) in [6.07, 6.45) is 4.59. The zero-order valence-corrected chi connectivity index (χ0v) is 12.7. The number of rotatable bonds is 9. The average molecular weight is 280 g/mol. The lowest BCUT2D eigenvalue weighted by atomic mass is 10.1. The van der Waals surface area contributed by atoms with Gasteiger partial charge in [0.25, 0.3) is 5.91 Å². The van der Waals surface area contributed by atoms with Gasteiger partial charge in [-0.05, 0) is 50.5 Å². The van der Waals surface area contributed by atoms with E-state index in [0.29, 0.717) is 6.54 Å². The topological polar surface area (TPSA) is 41.1 Å². The molecule has 3 nitrogen and oxygen atoms in total. The van der Waals surface area contributed by atoms with Crippen molar-refractivity contribution in [3.05, 3.63) is 35.4 Å². The van der Waals surface area contributed by atoms with Gasteiger partial charge in [0.2, 0.25) is 0 Å². The number of aryl methyl sites for hydroxylation is 1. The van der Waals surface area contributed by atoms with Gasteiger partial charge in [0, 0.05) is 18.7 Å². The summed E-state index contributed by atoms with van der Waals surface area (Å²) in [5.41, 5.74) is 1.90. The van der Waals surface area contributed by atoms with Gasteiger partial charge in [-0.15, -0.1) is 0 Å². The third-order valence-corrected chi connectivity index (χ3v) is 3.55. The first-order chi connectivity index (χ1) is 9.24. The second-order valence-electron chi connectivity index (χ2n) is 4.57. The van der Waals surface area contributed by atoms with Crippen LogP contribution in [-0.2, 0) is 0 Å². The molecule has 1 rings (SSSR count). The Morgan fingerprint density at radius 1 is 1.11 bits per heavy atom. The fraction of sp³-hybridized carbons (Fsp3) is 0.533. The molecule has 0 heterocycles. The lowest BCUT2D eigenvalue weighted by molar-refractivity contribution is 0.0954. The van der Waals surface area contributed by atoms with Crippen LogP contribution in [0, 0.1) is 6.92 Å². The third-order valence-electron chi connectivity index (χ3n) is 2.85. The van der Waals surface area contributed by atoms with Crippen molar-refractivity contribution in [3.8, 4) is 0 Å². The van der Waals surface area contributed by atoms with E-state index >= 15 is 0 Å². The predicted molar refractivity (Wildman–Crippen MR) is 84.0 cm³/mol. The molecule has 106 valence electrons. The highest BCUT2D eigenvalue weighted by atomic mass is 32.2. The summed E-state index contributed by atoms with van der Waals surface area (Å²) in [7, 11) is 0. The van der Waals surface area contributed by atoms with Gasteiger partial charge in [-0.2, -0.15) is 11.8 Å². The quantitative estimate of drug-likeness (QED) is 0.683. The summed E-state index contributed by atoms with van der Waals surface area (Å²) in [6, 6.07) is 7.64. The monoisotopic (exact) mass is 280 g/mol. The fourth-order valence-corrected chi connectivity index (χ4v) is 2.19. The number of carbonyl (C=O) groups is 1. The average Bonchev–Trinajstić information content (AvgIpc) is 2.42. The van der Waals surface area contributed by atoms with Gasteiger partial charge in [-0.1, -0.05) is 17.7 Å². The molecule has 0 unspecified atom stereocenters. The lowest BCUT2D eigenvalue weighted by Gasteiger charge is -2.07. The normalized spacial score (nSPS) is 10.4. The SMILES string of the molecule is CSCCCCNCCNC(=O)c1ccc(C)cc1. The van der Waals surface area contributed by atoms with Crippen molar-refractivity contribution in [3.63, 3.8) is 0 Å². The van der Waals surface area contributed by atoms with Gasteiger partial charge in [0.15, 0.2) is 0 Å². The van der Waals surface area contributed by atoms with Crippen molar-refractivity contribution in [1.82, 2.24) is 10.6 Å². The molecule has 0 radical (unpaired) electrons. The molecule has 4 heteroatoms. The first kappa shape index (κ1) is 16.1. The van der Waals surface area contributed by atoms with Crippen LogP contribution in [0.4, 0.5) is 0 Å². The third kappa shape index (κ3) is 7.23. The first-order valence-electron chi connectivity index (χ1n) is 6.78. The van der Waals surface area contributed by atoms with Crippen LogP contribution in [0.25, 0.3) is 0 Å². The molecule has 0 aliphatic rings. The van der Waals surface area contributed by atoms with Crippen LogP contribution in [0.2, 0.25) is 0 Å². The maximum Gasteiger partial charge on any atom is 0.251 e. The number of unbranched alkanes of at least 4 members (excludes halogenated alkanes) is 1. The highest BCUT2D eigenvalue weighted by molar-refractivity contribution is 7.98. The highest BCUT2D eigenvalue weighted by Crippen LogP contribution is 2.02. The summed E-state index contributed by atoms with van der Waals surface area (Å²) >= 11 is 1.89. The Hall–Kier alpha value is -1.00.